The van der Waals surface area contributed by atoms with Gasteiger partial charge in [-0.2, -0.15) is 0 Å². The minimum atomic E-state index is -1.01. The maximum Gasteiger partial charge on any atom is 0.337 e. The third kappa shape index (κ3) is 2.72. The first-order chi connectivity index (χ1) is 12.8. The van der Waals surface area contributed by atoms with Gasteiger partial charge in [-0.1, -0.05) is 0 Å². The Bertz CT molecular complexity index is 945. The van der Waals surface area contributed by atoms with E-state index < -0.39 is 5.97 Å². The Kier molecular flexibility index (Phi) is 4.05. The van der Waals surface area contributed by atoms with Gasteiger partial charge in [-0.25, -0.2) is 14.8 Å². The lowest BCUT2D eigenvalue weighted by Crippen LogP contribution is -2.48. The monoisotopic (exact) mass is 368 g/mol. The van der Waals surface area contributed by atoms with E-state index in [4.69, 9.17) is 4.98 Å². The van der Waals surface area contributed by atoms with Gasteiger partial charge in [-0.3, -0.25) is 4.79 Å². The average Bonchev–Trinajstić information content (AvgIpc) is 3.12. The molecule has 2 aromatic heterocycles. The van der Waals surface area contributed by atoms with Crippen LogP contribution in [0.5, 0.6) is 0 Å². The van der Waals surface area contributed by atoms with Crippen molar-refractivity contribution in [2.45, 2.75) is 51.9 Å². The molecule has 1 atom stereocenters. The van der Waals surface area contributed by atoms with Crippen molar-refractivity contribution in [1.82, 2.24) is 19.9 Å². The van der Waals surface area contributed by atoms with Crippen molar-refractivity contribution in [2.75, 3.05) is 13.1 Å². The lowest BCUT2D eigenvalue weighted by Gasteiger charge is -2.40. The zero-order valence-electron chi connectivity index (χ0n) is 15.9. The topological polar surface area (TPSA) is 99.2 Å². The number of nitrogens with zero attached hydrogens (tertiary/aromatic N) is 3. The van der Waals surface area contributed by atoms with Gasteiger partial charge in [0.1, 0.15) is 11.5 Å². The number of carbonyl (C=O) groups excluding carboxylic acids is 1. The number of rotatable bonds is 2. The number of hydrogen-bond acceptors (Lipinski definition) is 4. The molecule has 4 rings (SSSR count). The van der Waals surface area contributed by atoms with Crippen molar-refractivity contribution < 1.29 is 14.7 Å². The van der Waals surface area contributed by atoms with Crippen LogP contribution in [0, 0.1) is 20.8 Å². The summed E-state index contributed by atoms with van der Waals surface area (Å²) >= 11 is 0. The van der Waals surface area contributed by atoms with Gasteiger partial charge in [-0.05, 0) is 57.6 Å². The van der Waals surface area contributed by atoms with Gasteiger partial charge in [0.2, 0.25) is 0 Å². The van der Waals surface area contributed by atoms with Gasteiger partial charge >= 0.3 is 5.97 Å². The summed E-state index contributed by atoms with van der Waals surface area (Å²) in [6.45, 7) is 6.59. The Hall–Kier alpha value is -2.70. The Balaban J connectivity index is 1.66. The van der Waals surface area contributed by atoms with Crippen molar-refractivity contribution in [1.29, 1.82) is 0 Å². The maximum atomic E-state index is 13.2. The maximum absolute atomic E-state index is 13.2. The van der Waals surface area contributed by atoms with E-state index in [1.807, 2.05) is 18.0 Å². The predicted molar refractivity (Wildman–Crippen MR) is 99.1 cm³/mol. The zero-order valence-corrected chi connectivity index (χ0v) is 15.9. The normalized spacial score (nSPS) is 21.5. The molecule has 1 fully saturated rings. The molecule has 0 bridgehead atoms. The SMILES string of the molecule is Cc1ncc2c(n1)C1(CCCN(C(=O)c3[nH]c(C)c(C(=O)O)c3C)C1)CC2. The molecular weight excluding hydrogens is 344 g/mol. The second-order valence-corrected chi connectivity index (χ2v) is 7.83. The smallest absolute Gasteiger partial charge is 0.337 e. The van der Waals surface area contributed by atoms with Crippen molar-refractivity contribution in [3.05, 3.63) is 45.8 Å². The van der Waals surface area contributed by atoms with Crippen LogP contribution in [-0.2, 0) is 11.8 Å². The summed E-state index contributed by atoms with van der Waals surface area (Å²) in [5, 5.41) is 9.40. The number of piperidine rings is 1. The summed E-state index contributed by atoms with van der Waals surface area (Å²) < 4.78 is 0. The van der Waals surface area contributed by atoms with Crippen molar-refractivity contribution >= 4 is 11.9 Å². The van der Waals surface area contributed by atoms with Crippen LogP contribution in [0.3, 0.4) is 0 Å². The fourth-order valence-corrected chi connectivity index (χ4v) is 4.77. The first kappa shape index (κ1) is 17.7. The Morgan fingerprint density at radius 1 is 1.26 bits per heavy atom. The van der Waals surface area contributed by atoms with E-state index in [1.54, 1.807) is 13.8 Å². The molecule has 1 aliphatic heterocycles. The first-order valence-electron chi connectivity index (χ1n) is 9.37. The highest BCUT2D eigenvalue weighted by molar-refractivity contribution is 6.00. The third-order valence-electron chi connectivity index (χ3n) is 6.09. The van der Waals surface area contributed by atoms with Crippen LogP contribution in [-0.4, -0.2) is 49.9 Å². The van der Waals surface area contributed by atoms with Crippen LogP contribution in [0.2, 0.25) is 0 Å². The number of fused-ring (bicyclic) bond motifs is 2. The second-order valence-electron chi connectivity index (χ2n) is 7.83. The van der Waals surface area contributed by atoms with Gasteiger partial charge in [0.25, 0.3) is 5.91 Å². The molecule has 0 aromatic carbocycles. The molecule has 1 spiro atoms. The highest BCUT2D eigenvalue weighted by atomic mass is 16.4. The van der Waals surface area contributed by atoms with E-state index in [1.165, 1.54) is 5.56 Å². The number of aromatic amines is 1. The van der Waals surface area contributed by atoms with Crippen molar-refractivity contribution in [3.63, 3.8) is 0 Å². The number of likely N-dealkylation sites (tertiary alicyclic amines) is 1. The Morgan fingerprint density at radius 2 is 2.04 bits per heavy atom. The number of aryl methyl sites for hydroxylation is 3. The number of aromatic carboxylic acids is 1. The van der Waals surface area contributed by atoms with E-state index in [0.29, 0.717) is 30.0 Å². The summed E-state index contributed by atoms with van der Waals surface area (Å²) in [5.74, 6) is -0.367. The van der Waals surface area contributed by atoms with Crippen LogP contribution >= 0.6 is 0 Å². The molecule has 2 aliphatic rings. The van der Waals surface area contributed by atoms with E-state index in [-0.39, 0.29) is 16.9 Å². The van der Waals surface area contributed by atoms with E-state index >= 15 is 0 Å². The molecule has 1 unspecified atom stereocenters. The molecule has 7 heteroatoms. The van der Waals surface area contributed by atoms with Gasteiger partial charge in [0, 0.05) is 30.4 Å². The second kappa shape index (κ2) is 6.18. The molecule has 1 amide bonds. The van der Waals surface area contributed by atoms with Crippen molar-refractivity contribution in [3.8, 4) is 0 Å². The van der Waals surface area contributed by atoms with Gasteiger partial charge in [0.05, 0.1) is 11.3 Å². The number of aromatic nitrogens is 3. The summed E-state index contributed by atoms with van der Waals surface area (Å²) in [6, 6.07) is 0. The van der Waals surface area contributed by atoms with Gasteiger partial charge < -0.3 is 15.0 Å². The van der Waals surface area contributed by atoms with Gasteiger partial charge in [-0.15, -0.1) is 0 Å². The number of carbonyl (C=O) groups is 2. The summed E-state index contributed by atoms with van der Waals surface area (Å²) in [7, 11) is 0. The number of amides is 1. The first-order valence-corrected chi connectivity index (χ1v) is 9.37. The quantitative estimate of drug-likeness (QED) is 0.849. The minimum Gasteiger partial charge on any atom is -0.478 e. The van der Waals surface area contributed by atoms with E-state index in [9.17, 15) is 14.7 Å². The highest BCUT2D eigenvalue weighted by Gasteiger charge is 2.45. The minimum absolute atomic E-state index is 0.109. The number of carboxylic acid groups (broad SMARTS) is 1. The third-order valence-corrected chi connectivity index (χ3v) is 6.09. The summed E-state index contributed by atoms with van der Waals surface area (Å²) in [4.78, 5) is 38.6. The van der Waals surface area contributed by atoms with Crippen LogP contribution in [0.1, 0.15) is 68.4 Å². The number of H-pyrrole nitrogens is 1. The summed E-state index contributed by atoms with van der Waals surface area (Å²) in [6.07, 6.45) is 5.78. The lowest BCUT2D eigenvalue weighted by molar-refractivity contribution is 0.0627. The van der Waals surface area contributed by atoms with Crippen LogP contribution in [0.4, 0.5) is 0 Å². The molecule has 2 aromatic rings. The summed E-state index contributed by atoms with van der Waals surface area (Å²) in [5.41, 5.74) is 3.79. The molecule has 1 saturated heterocycles. The molecule has 3 heterocycles. The Labute approximate surface area is 157 Å². The Morgan fingerprint density at radius 3 is 2.74 bits per heavy atom. The molecule has 0 radical (unpaired) electrons. The molecule has 0 saturated carbocycles. The molecule has 2 N–H and O–H groups in total. The molecular formula is C20H24N4O3. The zero-order chi connectivity index (χ0) is 19.3. The fraction of sp³-hybridized carbons (Fsp3) is 0.500. The predicted octanol–water partition coefficient (Wildman–Crippen LogP) is 2.55. The van der Waals surface area contributed by atoms with E-state index in [0.717, 1.165) is 37.2 Å². The fourth-order valence-electron chi connectivity index (χ4n) is 4.77. The molecule has 1 aliphatic carbocycles. The number of nitrogens with one attached hydrogen (secondary N) is 1. The standard InChI is InChI=1S/C20H24N4O3/c1-11-15(19(26)27)12(2)22-16(11)18(25)24-8-4-6-20(10-24)7-5-14-9-21-13(3)23-17(14)20/h9,22H,4-8,10H2,1-3H3,(H,26,27). The largest absolute Gasteiger partial charge is 0.478 e. The highest BCUT2D eigenvalue weighted by Crippen LogP contribution is 2.44. The molecule has 27 heavy (non-hydrogen) atoms. The number of carboxylic acids is 1. The van der Waals surface area contributed by atoms with Crippen LogP contribution in [0.15, 0.2) is 6.20 Å². The molecule has 7 nitrogen and oxygen atoms in total. The van der Waals surface area contributed by atoms with Crippen LogP contribution in [0.25, 0.3) is 0 Å². The van der Waals surface area contributed by atoms with E-state index in [2.05, 4.69) is 9.97 Å². The lowest BCUT2D eigenvalue weighted by atomic mass is 9.77. The van der Waals surface area contributed by atoms with Crippen molar-refractivity contribution in [2.24, 2.45) is 0 Å². The molecule has 142 valence electrons. The van der Waals surface area contributed by atoms with Crippen LogP contribution < -0.4 is 0 Å². The van der Waals surface area contributed by atoms with Gasteiger partial charge in [0.15, 0.2) is 0 Å². The number of hydrogen-bond donors (Lipinski definition) is 2. The average molecular weight is 368 g/mol.